The number of imide groups is 4. The monoisotopic (exact) mass is 688 g/mol. The number of hydrogen-bond donors (Lipinski definition) is 1. The number of halogens is 7. The van der Waals surface area contributed by atoms with Crippen LogP contribution in [0, 0.1) is 46.8 Å². The van der Waals surface area contributed by atoms with Gasteiger partial charge in [0.15, 0.2) is 33.0 Å². The molecular weight excluding hydrogens is 670 g/mol. The molecule has 242 valence electrons. The summed E-state index contributed by atoms with van der Waals surface area (Å²) in [6.07, 6.45) is -0.875. The third kappa shape index (κ3) is 3.78. The van der Waals surface area contributed by atoms with E-state index in [0.29, 0.717) is 0 Å². The molecule has 0 bridgehead atoms. The highest BCUT2D eigenvalue weighted by Gasteiger charge is 2.77. The molecule has 6 atom stereocenters. The van der Waals surface area contributed by atoms with E-state index in [1.807, 2.05) is 0 Å². The Morgan fingerprint density at radius 3 is 2.11 bits per heavy atom. The molecule has 1 saturated carbocycles. The van der Waals surface area contributed by atoms with Crippen LogP contribution in [0.1, 0.15) is 24.3 Å². The van der Waals surface area contributed by atoms with Crippen LogP contribution in [-0.2, 0) is 23.9 Å². The molecule has 3 fully saturated rings. The first-order valence-corrected chi connectivity index (χ1v) is 14.1. The van der Waals surface area contributed by atoms with Gasteiger partial charge in [-0.05, 0) is 37.0 Å². The quantitative estimate of drug-likeness (QED) is 0.125. The molecule has 2 aliphatic heterocycles. The first-order valence-electron chi connectivity index (χ1n) is 13.4. The van der Waals surface area contributed by atoms with Crippen LogP contribution in [0.25, 0.3) is 0 Å². The van der Waals surface area contributed by atoms with Crippen LogP contribution in [-0.4, -0.2) is 63.7 Å². The summed E-state index contributed by atoms with van der Waals surface area (Å²) in [6, 6.07) is 3.65. The fourth-order valence-electron chi connectivity index (χ4n) is 7.07. The van der Waals surface area contributed by atoms with Crippen LogP contribution < -0.4 is 9.64 Å². The fourth-order valence-corrected chi connectivity index (χ4v) is 8.00. The Balaban J connectivity index is 1.62. The van der Waals surface area contributed by atoms with Gasteiger partial charge in [-0.3, -0.25) is 19.2 Å². The summed E-state index contributed by atoms with van der Waals surface area (Å²) in [4.78, 5) is 61.7. The zero-order valence-electron chi connectivity index (χ0n) is 23.4. The lowest BCUT2D eigenvalue weighted by Gasteiger charge is -2.50. The number of phenols is 1. The highest BCUT2D eigenvalue weighted by Crippen LogP contribution is 2.66. The molecule has 0 aromatic heterocycles. The van der Waals surface area contributed by atoms with Gasteiger partial charge in [0.2, 0.25) is 17.6 Å². The summed E-state index contributed by atoms with van der Waals surface area (Å²) < 4.78 is 82.5. The SMILES string of the molecule is COC(=O)N1C(=O)[C@H]2[C@H](CC=C3[C@H]2C[C@@]2(Cl)C(=O)N(c4c(F)c(F)c(F)c(F)c4F)C(=O)[C@@]2(Cl)[C@H]3c2cc(OC)ccc2O)C1=O. The minimum absolute atomic E-state index is 0.0735. The van der Waals surface area contributed by atoms with Crippen molar-refractivity contribution >= 4 is 58.6 Å². The minimum Gasteiger partial charge on any atom is -0.508 e. The third-order valence-electron chi connectivity index (χ3n) is 9.12. The zero-order chi connectivity index (χ0) is 33.8. The predicted molar refractivity (Wildman–Crippen MR) is 145 cm³/mol. The summed E-state index contributed by atoms with van der Waals surface area (Å²) in [6.45, 7) is 0. The number of amides is 5. The maximum Gasteiger partial charge on any atom is 0.423 e. The van der Waals surface area contributed by atoms with Crippen molar-refractivity contribution in [2.75, 3.05) is 19.1 Å². The second-order valence-corrected chi connectivity index (χ2v) is 12.3. The van der Waals surface area contributed by atoms with Gasteiger partial charge in [0, 0.05) is 11.5 Å². The number of fused-ring (bicyclic) bond motifs is 4. The number of hydrogen-bond acceptors (Lipinski definition) is 8. The van der Waals surface area contributed by atoms with Crippen LogP contribution in [0.15, 0.2) is 29.8 Å². The molecule has 4 aliphatic rings. The molecule has 17 heteroatoms. The van der Waals surface area contributed by atoms with E-state index in [2.05, 4.69) is 4.74 Å². The van der Waals surface area contributed by atoms with Crippen LogP contribution in [0.4, 0.5) is 32.4 Å². The predicted octanol–water partition coefficient (Wildman–Crippen LogP) is 4.43. The molecule has 46 heavy (non-hydrogen) atoms. The maximum absolute atomic E-state index is 15.1. The Labute approximate surface area is 265 Å². The number of alkyl halides is 2. The van der Waals surface area contributed by atoms with Crippen molar-refractivity contribution < 1.29 is 60.5 Å². The van der Waals surface area contributed by atoms with Crippen molar-refractivity contribution in [3.05, 3.63) is 64.5 Å². The molecule has 2 heterocycles. The first-order chi connectivity index (χ1) is 21.6. The van der Waals surface area contributed by atoms with Gasteiger partial charge in [0.25, 0.3) is 11.8 Å². The maximum atomic E-state index is 15.1. The van der Waals surface area contributed by atoms with Crippen molar-refractivity contribution in [3.63, 3.8) is 0 Å². The molecular formula is C29H19Cl2F5N2O8. The number of ether oxygens (including phenoxy) is 2. The lowest BCUT2D eigenvalue weighted by Crippen LogP contribution is -2.60. The van der Waals surface area contributed by atoms with Crippen molar-refractivity contribution in [2.45, 2.75) is 28.5 Å². The average molecular weight is 689 g/mol. The van der Waals surface area contributed by atoms with Gasteiger partial charge in [0.1, 0.15) is 17.2 Å². The number of aromatic hydroxyl groups is 1. The normalized spacial score (nSPS) is 30.2. The largest absolute Gasteiger partial charge is 0.508 e. The molecule has 2 aliphatic carbocycles. The molecule has 0 spiro atoms. The topological polar surface area (TPSA) is 131 Å². The Kier molecular flexibility index (Phi) is 7.17. The first kappa shape index (κ1) is 31.7. The number of nitrogens with zero attached hydrogens (tertiary/aromatic N) is 2. The van der Waals surface area contributed by atoms with Gasteiger partial charge in [-0.2, -0.15) is 4.90 Å². The van der Waals surface area contributed by atoms with E-state index in [1.165, 1.54) is 25.3 Å². The van der Waals surface area contributed by atoms with Gasteiger partial charge >= 0.3 is 6.09 Å². The highest BCUT2D eigenvalue weighted by molar-refractivity contribution is 6.58. The molecule has 1 N–H and O–H groups in total. The van der Waals surface area contributed by atoms with Crippen molar-refractivity contribution in [3.8, 4) is 11.5 Å². The van der Waals surface area contributed by atoms with Gasteiger partial charge in [-0.25, -0.2) is 31.6 Å². The number of methoxy groups -OCH3 is 2. The second-order valence-electron chi connectivity index (χ2n) is 11.1. The van der Waals surface area contributed by atoms with Crippen LogP contribution in [0.3, 0.4) is 0 Å². The standard InChI is InChI=1S/C29H19Cl2F5N2O8/c1-45-9-3-6-14(39)12(7-9)16-10-4-5-11-15(24(41)38(23(11)40)27(44)46-2)13(10)8-28(30)25(42)37(26(43)29(16,28)31)22-20(35)18(33)17(32)19(34)21(22)36/h3-4,6-7,11,13,15-16,39H,5,8H2,1-2H3/t11-,13+,15-,16+,28+,29-/m0/s1. The summed E-state index contributed by atoms with van der Waals surface area (Å²) in [5, 5.41) is 11.0. The van der Waals surface area contributed by atoms with E-state index in [4.69, 9.17) is 27.9 Å². The number of carbonyl (C=O) groups excluding carboxylic acids is 5. The number of phenolic OH excluding ortho intramolecular Hbond substituents is 1. The number of anilines is 1. The Hall–Kier alpha value is -4.24. The van der Waals surface area contributed by atoms with Crippen LogP contribution in [0.5, 0.6) is 11.5 Å². The number of benzene rings is 2. The van der Waals surface area contributed by atoms with Gasteiger partial charge in [0.05, 0.1) is 26.1 Å². The van der Waals surface area contributed by atoms with E-state index in [1.54, 1.807) is 0 Å². The molecule has 6 rings (SSSR count). The Bertz CT molecular complexity index is 1810. The second kappa shape index (κ2) is 10.4. The van der Waals surface area contributed by atoms with Crippen molar-refractivity contribution in [2.24, 2.45) is 17.8 Å². The summed E-state index contributed by atoms with van der Waals surface area (Å²) in [7, 11) is 2.19. The average Bonchev–Trinajstić information content (AvgIpc) is 3.37. The Morgan fingerprint density at radius 1 is 0.913 bits per heavy atom. The van der Waals surface area contributed by atoms with Gasteiger partial charge in [-0.15, -0.1) is 23.2 Å². The van der Waals surface area contributed by atoms with Crippen molar-refractivity contribution in [1.82, 2.24) is 4.90 Å². The third-order valence-corrected chi connectivity index (χ3v) is 10.5. The molecule has 2 aromatic rings. The highest BCUT2D eigenvalue weighted by atomic mass is 35.5. The van der Waals surface area contributed by atoms with E-state index < -0.39 is 110 Å². The summed E-state index contributed by atoms with van der Waals surface area (Å²) >= 11 is 14.0. The number of likely N-dealkylation sites (tertiary alicyclic amines) is 1. The van der Waals surface area contributed by atoms with E-state index in [-0.39, 0.29) is 33.1 Å². The Morgan fingerprint density at radius 2 is 1.52 bits per heavy atom. The van der Waals surface area contributed by atoms with E-state index in [9.17, 15) is 42.3 Å². The zero-order valence-corrected chi connectivity index (χ0v) is 24.9. The number of carbonyl (C=O) groups is 5. The van der Waals surface area contributed by atoms with Gasteiger partial charge < -0.3 is 14.6 Å². The minimum atomic E-state index is -2.83. The van der Waals surface area contributed by atoms with Crippen molar-refractivity contribution in [1.29, 1.82) is 0 Å². The smallest absolute Gasteiger partial charge is 0.423 e. The lowest BCUT2D eigenvalue weighted by atomic mass is 9.56. The summed E-state index contributed by atoms with van der Waals surface area (Å²) in [5.74, 6) is -23.9. The van der Waals surface area contributed by atoms with Crippen LogP contribution in [0.2, 0.25) is 0 Å². The molecule has 5 amide bonds. The molecule has 10 nitrogen and oxygen atoms in total. The molecule has 2 aromatic carbocycles. The van der Waals surface area contributed by atoms with Gasteiger partial charge in [-0.1, -0.05) is 11.6 Å². The molecule has 2 saturated heterocycles. The van der Waals surface area contributed by atoms with Crippen LogP contribution >= 0.6 is 23.2 Å². The number of rotatable bonds is 3. The summed E-state index contributed by atoms with van der Waals surface area (Å²) in [5.41, 5.74) is -2.09. The van der Waals surface area contributed by atoms with E-state index in [0.717, 1.165) is 13.2 Å². The lowest BCUT2D eigenvalue weighted by molar-refractivity contribution is -0.138. The number of allylic oxidation sites excluding steroid dienone is 2. The molecule has 0 unspecified atom stereocenters. The molecule has 0 radical (unpaired) electrons. The fraction of sp³-hybridized carbons (Fsp3) is 0.345. The van der Waals surface area contributed by atoms with E-state index >= 15 is 8.78 Å².